The Morgan fingerprint density at radius 1 is 1.35 bits per heavy atom. The zero-order chi connectivity index (χ0) is 12.7. The molecule has 1 aromatic rings. The van der Waals surface area contributed by atoms with Crippen LogP contribution in [0.25, 0.3) is 0 Å². The van der Waals surface area contributed by atoms with Crippen LogP contribution < -0.4 is 4.72 Å². The van der Waals surface area contributed by atoms with Gasteiger partial charge in [-0.3, -0.25) is 0 Å². The maximum absolute atomic E-state index is 10.8. The second kappa shape index (κ2) is 7.00. The van der Waals surface area contributed by atoms with Gasteiger partial charge in [0.25, 0.3) is 0 Å². The third-order valence-electron chi connectivity index (χ3n) is 2.07. The molecule has 0 aliphatic carbocycles. The molecule has 0 aliphatic heterocycles. The van der Waals surface area contributed by atoms with Crippen LogP contribution in [0.15, 0.2) is 30.3 Å². The summed E-state index contributed by atoms with van der Waals surface area (Å²) in [6, 6.07) is 9.42. The van der Waals surface area contributed by atoms with Gasteiger partial charge in [0.05, 0.1) is 12.4 Å². The van der Waals surface area contributed by atoms with Crippen molar-refractivity contribution >= 4 is 21.8 Å². The molecule has 2 N–H and O–H groups in total. The van der Waals surface area contributed by atoms with Crippen molar-refractivity contribution in [3.8, 4) is 0 Å². The summed E-state index contributed by atoms with van der Waals surface area (Å²) in [4.78, 5) is 0. The number of thioether (sulfide) groups is 1. The van der Waals surface area contributed by atoms with E-state index in [4.69, 9.17) is 0 Å². The molecule has 1 aromatic carbocycles. The first-order valence-electron chi connectivity index (χ1n) is 5.24. The Labute approximate surface area is 106 Å². The molecule has 1 atom stereocenters. The van der Waals surface area contributed by atoms with Gasteiger partial charge >= 0.3 is 0 Å². The van der Waals surface area contributed by atoms with Gasteiger partial charge in [-0.2, -0.15) is 11.8 Å². The molecule has 0 saturated heterocycles. The predicted octanol–water partition coefficient (Wildman–Crippen LogP) is 1.00. The summed E-state index contributed by atoms with van der Waals surface area (Å²) in [5, 5.41) is 9.82. The van der Waals surface area contributed by atoms with Gasteiger partial charge in [0.15, 0.2) is 0 Å². The highest BCUT2D eigenvalue weighted by atomic mass is 32.2. The number of hydrogen-bond donors (Lipinski definition) is 2. The molecule has 0 unspecified atom stereocenters. The van der Waals surface area contributed by atoms with Gasteiger partial charge in [-0.15, -0.1) is 0 Å². The van der Waals surface area contributed by atoms with Gasteiger partial charge < -0.3 is 5.11 Å². The van der Waals surface area contributed by atoms with E-state index in [9.17, 15) is 13.5 Å². The van der Waals surface area contributed by atoms with Crippen LogP contribution in [0.4, 0.5) is 0 Å². The monoisotopic (exact) mass is 275 g/mol. The fourth-order valence-corrected chi connectivity index (χ4v) is 2.70. The summed E-state index contributed by atoms with van der Waals surface area (Å²) in [5.74, 6) is 1.21. The average Bonchev–Trinajstić information content (AvgIpc) is 2.28. The standard InChI is InChI=1S/C11H17NO3S2/c1-17(14,15)12-7-8-16-9-11(13)10-5-3-2-4-6-10/h2-6,11-13H,7-9H2,1H3/t11-/m1/s1. The molecule has 0 aliphatic rings. The van der Waals surface area contributed by atoms with E-state index in [2.05, 4.69) is 4.72 Å². The second-order valence-corrected chi connectivity index (χ2v) is 6.65. The molecule has 0 spiro atoms. The van der Waals surface area contributed by atoms with Gasteiger partial charge in [0.1, 0.15) is 0 Å². The lowest BCUT2D eigenvalue weighted by Crippen LogP contribution is -2.24. The molecule has 0 fully saturated rings. The van der Waals surface area contributed by atoms with Gasteiger partial charge in [-0.25, -0.2) is 13.1 Å². The van der Waals surface area contributed by atoms with Crippen LogP contribution >= 0.6 is 11.8 Å². The Morgan fingerprint density at radius 2 is 2.00 bits per heavy atom. The smallest absolute Gasteiger partial charge is 0.208 e. The quantitative estimate of drug-likeness (QED) is 0.729. The van der Waals surface area contributed by atoms with Crippen LogP contribution in [0.3, 0.4) is 0 Å². The molecule has 0 amide bonds. The Balaban J connectivity index is 2.19. The number of benzene rings is 1. The number of nitrogens with one attached hydrogen (secondary N) is 1. The van der Waals surface area contributed by atoms with E-state index in [0.29, 0.717) is 18.1 Å². The number of hydrogen-bond acceptors (Lipinski definition) is 4. The fraction of sp³-hybridized carbons (Fsp3) is 0.455. The van der Waals surface area contributed by atoms with Gasteiger partial charge in [-0.05, 0) is 5.56 Å². The van der Waals surface area contributed by atoms with Gasteiger partial charge in [-0.1, -0.05) is 30.3 Å². The van der Waals surface area contributed by atoms with Crippen molar-refractivity contribution in [1.82, 2.24) is 4.72 Å². The van der Waals surface area contributed by atoms with Crippen molar-refractivity contribution in [2.75, 3.05) is 24.3 Å². The van der Waals surface area contributed by atoms with Crippen molar-refractivity contribution in [2.24, 2.45) is 0 Å². The highest BCUT2D eigenvalue weighted by Gasteiger charge is 2.06. The number of rotatable bonds is 7. The molecule has 4 nitrogen and oxygen atoms in total. The Morgan fingerprint density at radius 3 is 2.59 bits per heavy atom. The molecule has 96 valence electrons. The summed E-state index contributed by atoms with van der Waals surface area (Å²) in [7, 11) is -3.10. The zero-order valence-corrected chi connectivity index (χ0v) is 11.3. The van der Waals surface area contributed by atoms with Gasteiger partial charge in [0.2, 0.25) is 10.0 Å². The van der Waals surface area contributed by atoms with Crippen LogP contribution in [-0.2, 0) is 10.0 Å². The van der Waals surface area contributed by atoms with Crippen molar-refractivity contribution < 1.29 is 13.5 Å². The lowest BCUT2D eigenvalue weighted by Gasteiger charge is -2.10. The molecule has 1 rings (SSSR count). The van der Waals surface area contributed by atoms with E-state index < -0.39 is 16.1 Å². The summed E-state index contributed by atoms with van der Waals surface area (Å²) >= 11 is 1.52. The summed E-state index contributed by atoms with van der Waals surface area (Å²) in [6.45, 7) is 0.394. The second-order valence-electron chi connectivity index (χ2n) is 3.67. The maximum Gasteiger partial charge on any atom is 0.208 e. The predicted molar refractivity (Wildman–Crippen MR) is 71.6 cm³/mol. The van der Waals surface area contributed by atoms with E-state index in [1.165, 1.54) is 11.8 Å². The van der Waals surface area contributed by atoms with Crippen molar-refractivity contribution in [3.05, 3.63) is 35.9 Å². The Kier molecular flexibility index (Phi) is 5.97. The zero-order valence-electron chi connectivity index (χ0n) is 9.67. The van der Waals surface area contributed by atoms with Crippen LogP contribution in [0.2, 0.25) is 0 Å². The van der Waals surface area contributed by atoms with Crippen molar-refractivity contribution in [1.29, 1.82) is 0 Å². The van der Waals surface area contributed by atoms with Crippen molar-refractivity contribution in [3.63, 3.8) is 0 Å². The molecule has 0 saturated carbocycles. The summed E-state index contributed by atoms with van der Waals surface area (Å²) in [6.07, 6.45) is 0.635. The van der Waals surface area contributed by atoms with E-state index in [1.54, 1.807) is 0 Å². The molecule has 0 radical (unpaired) electrons. The normalized spacial score (nSPS) is 13.5. The molecule has 6 heteroatoms. The first-order valence-corrected chi connectivity index (χ1v) is 8.29. The third kappa shape index (κ3) is 6.68. The van der Waals surface area contributed by atoms with Crippen LogP contribution in [-0.4, -0.2) is 37.8 Å². The average molecular weight is 275 g/mol. The van der Waals surface area contributed by atoms with Crippen LogP contribution in [0.1, 0.15) is 11.7 Å². The van der Waals surface area contributed by atoms with E-state index >= 15 is 0 Å². The number of sulfonamides is 1. The number of aliphatic hydroxyl groups excluding tert-OH is 1. The largest absolute Gasteiger partial charge is 0.388 e. The van der Waals surface area contributed by atoms with E-state index in [-0.39, 0.29) is 0 Å². The molecule has 17 heavy (non-hydrogen) atoms. The fourth-order valence-electron chi connectivity index (χ4n) is 1.27. The topological polar surface area (TPSA) is 66.4 Å². The van der Waals surface area contributed by atoms with E-state index in [1.807, 2.05) is 30.3 Å². The van der Waals surface area contributed by atoms with Crippen LogP contribution in [0.5, 0.6) is 0 Å². The lowest BCUT2D eigenvalue weighted by molar-refractivity contribution is 0.204. The van der Waals surface area contributed by atoms with Gasteiger partial charge in [0, 0.05) is 18.1 Å². The highest BCUT2D eigenvalue weighted by Crippen LogP contribution is 2.17. The molecular weight excluding hydrogens is 258 g/mol. The minimum Gasteiger partial charge on any atom is -0.388 e. The lowest BCUT2D eigenvalue weighted by atomic mass is 10.1. The molecular formula is C11H17NO3S2. The number of aliphatic hydroxyl groups is 1. The summed E-state index contributed by atoms with van der Waals surface area (Å²) in [5.41, 5.74) is 0.885. The molecule has 0 aromatic heterocycles. The first-order chi connectivity index (χ1) is 7.99. The first kappa shape index (κ1) is 14.5. The highest BCUT2D eigenvalue weighted by molar-refractivity contribution is 7.99. The maximum atomic E-state index is 10.8. The van der Waals surface area contributed by atoms with E-state index in [0.717, 1.165) is 11.8 Å². The summed E-state index contributed by atoms with van der Waals surface area (Å²) < 4.78 is 24.0. The Bertz CT molecular complexity index is 420. The minimum absolute atomic E-state index is 0.394. The Hall–Kier alpha value is -0.560. The molecule has 0 bridgehead atoms. The van der Waals surface area contributed by atoms with Crippen molar-refractivity contribution in [2.45, 2.75) is 6.10 Å². The van der Waals surface area contributed by atoms with Crippen LogP contribution in [0, 0.1) is 0 Å². The SMILES string of the molecule is CS(=O)(=O)NCCSC[C@@H](O)c1ccccc1. The third-order valence-corrected chi connectivity index (χ3v) is 3.84. The molecule has 0 heterocycles. The minimum atomic E-state index is -3.10.